The zero-order valence-electron chi connectivity index (χ0n) is 7.94. The molecule has 0 saturated carbocycles. The molecule has 1 aliphatic rings. The Kier molecular flexibility index (Phi) is 2.19. The number of nitrogens with one attached hydrogen (secondary N) is 1. The van der Waals surface area contributed by atoms with Gasteiger partial charge in [0.05, 0.1) is 24.4 Å². The van der Waals surface area contributed by atoms with Crippen molar-refractivity contribution in [2.75, 3.05) is 5.32 Å². The number of nitriles is 1. The molecule has 1 heterocycles. The molecule has 2 atom stereocenters. The van der Waals surface area contributed by atoms with Crippen LogP contribution in [-0.4, -0.2) is 6.34 Å². The lowest BCUT2D eigenvalue weighted by Crippen LogP contribution is -2.14. The normalized spacial score (nSPS) is 20.4. The van der Waals surface area contributed by atoms with E-state index in [1.165, 1.54) is 0 Å². The third-order valence-electron chi connectivity index (χ3n) is 2.41. The minimum absolute atomic E-state index is 0.0301. The highest BCUT2D eigenvalue weighted by Gasteiger charge is 2.22. The monoisotopic (exact) mass is 185 g/mol. The van der Waals surface area contributed by atoms with Crippen LogP contribution in [0.4, 0.5) is 5.69 Å². The van der Waals surface area contributed by atoms with Crippen molar-refractivity contribution in [3.05, 3.63) is 29.8 Å². The van der Waals surface area contributed by atoms with E-state index >= 15 is 0 Å². The van der Waals surface area contributed by atoms with Crippen LogP contribution in [0.3, 0.4) is 0 Å². The molecule has 3 nitrogen and oxygen atoms in total. The number of para-hydroxylation sites is 1. The molecule has 0 radical (unpaired) electrons. The number of fused-ring (bicyclic) bond motifs is 1. The van der Waals surface area contributed by atoms with E-state index in [1.807, 2.05) is 31.2 Å². The number of benzene rings is 1. The lowest BCUT2D eigenvalue weighted by Gasteiger charge is -2.22. The Morgan fingerprint density at radius 1 is 1.50 bits per heavy atom. The molecule has 0 bridgehead atoms. The molecule has 1 aliphatic heterocycles. The fourth-order valence-corrected chi connectivity index (χ4v) is 1.62. The molecular formula is C11H11N3. The molecular weight excluding hydrogens is 174 g/mol. The van der Waals surface area contributed by atoms with Gasteiger partial charge in [-0.05, 0) is 13.0 Å². The molecule has 0 saturated heterocycles. The van der Waals surface area contributed by atoms with Gasteiger partial charge in [-0.25, -0.2) is 0 Å². The third-order valence-corrected chi connectivity index (χ3v) is 2.41. The van der Waals surface area contributed by atoms with Crippen molar-refractivity contribution < 1.29 is 0 Å². The lowest BCUT2D eigenvalue weighted by molar-refractivity contribution is 0.581. The van der Waals surface area contributed by atoms with Gasteiger partial charge in [-0.1, -0.05) is 18.2 Å². The Hall–Kier alpha value is -1.82. The summed E-state index contributed by atoms with van der Waals surface area (Å²) in [6.07, 6.45) is 1.67. The zero-order valence-corrected chi connectivity index (χ0v) is 7.94. The molecule has 1 N–H and O–H groups in total. The molecule has 2 rings (SSSR count). The highest BCUT2D eigenvalue weighted by Crippen LogP contribution is 2.33. The molecule has 14 heavy (non-hydrogen) atoms. The summed E-state index contributed by atoms with van der Waals surface area (Å²) in [6, 6.07) is 10.2. The van der Waals surface area contributed by atoms with Gasteiger partial charge in [0.25, 0.3) is 0 Å². The Labute approximate surface area is 83.1 Å². The fourth-order valence-electron chi connectivity index (χ4n) is 1.62. The molecule has 0 amide bonds. The molecule has 0 aliphatic carbocycles. The third kappa shape index (κ3) is 1.35. The standard InChI is InChI=1S/C11H11N3/c1-8(6-12)11-9-4-2-3-5-10(9)13-7-14-11/h2-5,7-8,11H,1H3,(H,13,14). The van der Waals surface area contributed by atoms with Crippen LogP contribution in [0.5, 0.6) is 0 Å². The van der Waals surface area contributed by atoms with Crippen molar-refractivity contribution in [1.82, 2.24) is 0 Å². The van der Waals surface area contributed by atoms with Crippen LogP contribution in [0.15, 0.2) is 29.3 Å². The number of rotatable bonds is 1. The number of nitrogens with zero attached hydrogens (tertiary/aromatic N) is 2. The second kappa shape index (κ2) is 3.51. The van der Waals surface area contributed by atoms with E-state index < -0.39 is 0 Å². The van der Waals surface area contributed by atoms with Crippen LogP contribution in [0.25, 0.3) is 0 Å². The van der Waals surface area contributed by atoms with Gasteiger partial charge >= 0.3 is 0 Å². The number of anilines is 1. The van der Waals surface area contributed by atoms with Gasteiger partial charge in [0.15, 0.2) is 0 Å². The minimum Gasteiger partial charge on any atom is -0.346 e. The van der Waals surface area contributed by atoms with Crippen molar-refractivity contribution >= 4 is 12.0 Å². The first kappa shape index (κ1) is 8.76. The van der Waals surface area contributed by atoms with Crippen LogP contribution >= 0.6 is 0 Å². The average molecular weight is 185 g/mol. The second-order valence-corrected chi connectivity index (χ2v) is 3.37. The summed E-state index contributed by atoms with van der Waals surface area (Å²) in [4.78, 5) is 4.28. The highest BCUT2D eigenvalue weighted by atomic mass is 15.0. The smallest absolute Gasteiger partial charge is 0.0941 e. The predicted molar refractivity (Wildman–Crippen MR) is 56.1 cm³/mol. The lowest BCUT2D eigenvalue weighted by atomic mass is 9.94. The number of hydrogen-bond donors (Lipinski definition) is 1. The molecule has 1 aromatic rings. The van der Waals surface area contributed by atoms with E-state index in [0.717, 1.165) is 11.3 Å². The maximum Gasteiger partial charge on any atom is 0.0941 e. The SMILES string of the molecule is CC(C#N)C1N=CNc2ccccc21. The van der Waals surface area contributed by atoms with Crippen molar-refractivity contribution in [1.29, 1.82) is 5.26 Å². The van der Waals surface area contributed by atoms with E-state index in [4.69, 9.17) is 5.26 Å². The van der Waals surface area contributed by atoms with E-state index in [0.29, 0.717) is 0 Å². The van der Waals surface area contributed by atoms with Crippen molar-refractivity contribution in [2.45, 2.75) is 13.0 Å². The maximum atomic E-state index is 8.87. The predicted octanol–water partition coefficient (Wildman–Crippen LogP) is 2.34. The molecule has 0 spiro atoms. The summed E-state index contributed by atoms with van der Waals surface area (Å²) < 4.78 is 0. The van der Waals surface area contributed by atoms with E-state index in [-0.39, 0.29) is 12.0 Å². The summed E-state index contributed by atoms with van der Waals surface area (Å²) in [5.74, 6) is -0.0884. The highest BCUT2D eigenvalue weighted by molar-refractivity contribution is 5.80. The Morgan fingerprint density at radius 3 is 3.07 bits per heavy atom. The van der Waals surface area contributed by atoms with Gasteiger partial charge in [0.1, 0.15) is 0 Å². The van der Waals surface area contributed by atoms with Gasteiger partial charge in [-0.3, -0.25) is 4.99 Å². The second-order valence-electron chi connectivity index (χ2n) is 3.37. The Bertz CT molecular complexity index is 403. The largest absolute Gasteiger partial charge is 0.346 e. The van der Waals surface area contributed by atoms with Crippen molar-refractivity contribution in [2.24, 2.45) is 10.9 Å². The van der Waals surface area contributed by atoms with Crippen LogP contribution in [0, 0.1) is 17.2 Å². The first-order valence-electron chi connectivity index (χ1n) is 4.59. The molecule has 2 unspecified atom stereocenters. The molecule has 3 heteroatoms. The van der Waals surface area contributed by atoms with E-state index in [9.17, 15) is 0 Å². The summed E-state index contributed by atoms with van der Waals surface area (Å²) in [5.41, 5.74) is 2.15. The van der Waals surface area contributed by atoms with Gasteiger partial charge in [-0.15, -0.1) is 0 Å². The van der Waals surface area contributed by atoms with Gasteiger partial charge in [0.2, 0.25) is 0 Å². The van der Waals surface area contributed by atoms with Crippen molar-refractivity contribution in [3.63, 3.8) is 0 Å². The van der Waals surface area contributed by atoms with Crippen LogP contribution in [-0.2, 0) is 0 Å². The van der Waals surface area contributed by atoms with Gasteiger partial charge in [0, 0.05) is 11.3 Å². The average Bonchev–Trinajstić information content (AvgIpc) is 2.27. The van der Waals surface area contributed by atoms with Crippen LogP contribution < -0.4 is 5.32 Å². The first-order valence-corrected chi connectivity index (χ1v) is 4.59. The maximum absolute atomic E-state index is 8.87. The van der Waals surface area contributed by atoms with E-state index in [2.05, 4.69) is 16.4 Å². The van der Waals surface area contributed by atoms with Gasteiger partial charge in [-0.2, -0.15) is 5.26 Å². The molecule has 0 fully saturated rings. The topological polar surface area (TPSA) is 48.2 Å². The molecule has 70 valence electrons. The summed E-state index contributed by atoms with van der Waals surface area (Å²) in [6.45, 7) is 1.89. The van der Waals surface area contributed by atoms with Crippen LogP contribution in [0.2, 0.25) is 0 Å². The summed E-state index contributed by atoms with van der Waals surface area (Å²) in [7, 11) is 0. The first-order chi connectivity index (χ1) is 6.83. The molecule has 0 aromatic heterocycles. The fraction of sp³-hybridized carbons (Fsp3) is 0.273. The minimum atomic E-state index is -0.0884. The molecule has 1 aromatic carbocycles. The number of aliphatic imine (C=N–C) groups is 1. The number of hydrogen-bond acceptors (Lipinski definition) is 3. The quantitative estimate of drug-likeness (QED) is 0.730. The Morgan fingerprint density at radius 2 is 2.29 bits per heavy atom. The van der Waals surface area contributed by atoms with E-state index in [1.54, 1.807) is 6.34 Å². The van der Waals surface area contributed by atoms with Gasteiger partial charge < -0.3 is 5.32 Å². The van der Waals surface area contributed by atoms with Crippen molar-refractivity contribution in [3.8, 4) is 6.07 Å². The summed E-state index contributed by atoms with van der Waals surface area (Å²) >= 11 is 0. The summed E-state index contributed by atoms with van der Waals surface area (Å²) in [5, 5.41) is 11.9. The zero-order chi connectivity index (χ0) is 9.97. The Balaban J connectivity index is 2.41. The van der Waals surface area contributed by atoms with Crippen LogP contribution in [0.1, 0.15) is 18.5 Å².